The summed E-state index contributed by atoms with van der Waals surface area (Å²) in [5.74, 6) is 4.15. The molecule has 0 atom stereocenters. The zero-order chi connectivity index (χ0) is 10.8. The Bertz CT molecular complexity index is 385. The SMILES string of the molecule is Cc1cc(C23CC4CC(CC(C4)C2)C3)on1. The van der Waals surface area contributed by atoms with Gasteiger partial charge in [-0.3, -0.25) is 0 Å². The van der Waals surface area contributed by atoms with E-state index < -0.39 is 0 Å². The van der Waals surface area contributed by atoms with Gasteiger partial charge in [0.2, 0.25) is 0 Å². The second kappa shape index (κ2) is 2.91. The Morgan fingerprint density at radius 2 is 1.69 bits per heavy atom. The first-order valence-corrected chi connectivity index (χ1v) is 6.67. The van der Waals surface area contributed by atoms with Gasteiger partial charge in [-0.2, -0.15) is 0 Å². The maximum absolute atomic E-state index is 5.60. The number of nitrogens with zero attached hydrogens (tertiary/aromatic N) is 1. The van der Waals surface area contributed by atoms with E-state index in [1.54, 1.807) is 0 Å². The lowest BCUT2D eigenvalue weighted by molar-refractivity contribution is -0.0175. The number of rotatable bonds is 1. The van der Waals surface area contributed by atoms with E-state index in [-0.39, 0.29) is 0 Å². The summed E-state index contributed by atoms with van der Waals surface area (Å²) in [6.07, 6.45) is 8.58. The molecule has 2 nitrogen and oxygen atoms in total. The summed E-state index contributed by atoms with van der Waals surface area (Å²) in [6.45, 7) is 2.04. The van der Waals surface area contributed by atoms with Crippen molar-refractivity contribution in [2.24, 2.45) is 17.8 Å². The fourth-order valence-electron chi connectivity index (χ4n) is 5.03. The summed E-state index contributed by atoms with van der Waals surface area (Å²) < 4.78 is 5.60. The lowest BCUT2D eigenvalue weighted by Gasteiger charge is -2.55. The topological polar surface area (TPSA) is 26.0 Å². The van der Waals surface area contributed by atoms with E-state index in [1.807, 2.05) is 6.92 Å². The molecule has 0 amide bonds. The molecule has 1 aromatic rings. The van der Waals surface area contributed by atoms with Gasteiger partial charge in [-0.25, -0.2) is 0 Å². The highest BCUT2D eigenvalue weighted by Gasteiger charge is 2.53. The minimum Gasteiger partial charge on any atom is -0.361 e. The first kappa shape index (κ1) is 9.26. The fourth-order valence-corrected chi connectivity index (χ4v) is 5.03. The molecule has 86 valence electrons. The molecule has 16 heavy (non-hydrogen) atoms. The Morgan fingerprint density at radius 1 is 1.12 bits per heavy atom. The molecule has 1 heterocycles. The van der Waals surface area contributed by atoms with Crippen molar-refractivity contribution in [1.82, 2.24) is 5.16 Å². The van der Waals surface area contributed by atoms with Crippen LogP contribution in [-0.4, -0.2) is 5.16 Å². The van der Waals surface area contributed by atoms with Gasteiger partial charge in [0.15, 0.2) is 0 Å². The average molecular weight is 217 g/mol. The van der Waals surface area contributed by atoms with Gasteiger partial charge in [0, 0.05) is 11.5 Å². The van der Waals surface area contributed by atoms with Crippen molar-refractivity contribution in [2.45, 2.75) is 50.9 Å². The largest absolute Gasteiger partial charge is 0.361 e. The van der Waals surface area contributed by atoms with Gasteiger partial charge in [0.05, 0.1) is 5.69 Å². The van der Waals surface area contributed by atoms with Crippen LogP contribution in [0, 0.1) is 24.7 Å². The second-order valence-corrected chi connectivity index (χ2v) is 6.53. The Labute approximate surface area is 96.4 Å². The molecule has 0 aromatic carbocycles. The molecule has 0 unspecified atom stereocenters. The first-order chi connectivity index (χ1) is 7.73. The summed E-state index contributed by atoms with van der Waals surface area (Å²) in [4.78, 5) is 0. The highest BCUT2D eigenvalue weighted by Crippen LogP contribution is 2.60. The summed E-state index contributed by atoms with van der Waals surface area (Å²) >= 11 is 0. The second-order valence-electron chi connectivity index (χ2n) is 6.53. The molecule has 5 rings (SSSR count). The zero-order valence-corrected chi connectivity index (χ0v) is 9.91. The van der Waals surface area contributed by atoms with Crippen molar-refractivity contribution < 1.29 is 4.52 Å². The molecule has 4 saturated carbocycles. The summed E-state index contributed by atoms with van der Waals surface area (Å²) in [5.41, 5.74) is 1.43. The van der Waals surface area contributed by atoms with Gasteiger partial charge in [0.1, 0.15) is 5.76 Å². The first-order valence-electron chi connectivity index (χ1n) is 6.67. The van der Waals surface area contributed by atoms with Crippen LogP contribution in [0.3, 0.4) is 0 Å². The molecular weight excluding hydrogens is 198 g/mol. The van der Waals surface area contributed by atoms with E-state index in [0.717, 1.165) is 23.4 Å². The van der Waals surface area contributed by atoms with Gasteiger partial charge in [0.25, 0.3) is 0 Å². The van der Waals surface area contributed by atoms with Gasteiger partial charge >= 0.3 is 0 Å². The monoisotopic (exact) mass is 217 g/mol. The third kappa shape index (κ3) is 1.16. The number of aromatic nitrogens is 1. The zero-order valence-electron chi connectivity index (χ0n) is 9.91. The van der Waals surface area contributed by atoms with Crippen molar-refractivity contribution >= 4 is 0 Å². The van der Waals surface area contributed by atoms with Crippen molar-refractivity contribution in [1.29, 1.82) is 0 Å². The van der Waals surface area contributed by atoms with Crippen LogP contribution in [0.15, 0.2) is 10.6 Å². The maximum Gasteiger partial charge on any atom is 0.143 e. The fraction of sp³-hybridized carbons (Fsp3) is 0.786. The van der Waals surface area contributed by atoms with Crippen molar-refractivity contribution in [3.8, 4) is 0 Å². The Morgan fingerprint density at radius 3 is 2.12 bits per heavy atom. The van der Waals surface area contributed by atoms with Gasteiger partial charge in [-0.05, 0) is 63.2 Å². The van der Waals surface area contributed by atoms with E-state index in [4.69, 9.17) is 4.52 Å². The van der Waals surface area contributed by atoms with Gasteiger partial charge < -0.3 is 4.52 Å². The summed E-state index contributed by atoms with van der Waals surface area (Å²) in [6, 6.07) is 2.19. The molecule has 2 heteroatoms. The number of hydrogen-bond donors (Lipinski definition) is 0. The van der Waals surface area contributed by atoms with Crippen LogP contribution in [0.4, 0.5) is 0 Å². The van der Waals surface area contributed by atoms with Crippen LogP contribution in [-0.2, 0) is 5.41 Å². The van der Waals surface area contributed by atoms with Crippen LogP contribution < -0.4 is 0 Å². The van der Waals surface area contributed by atoms with Gasteiger partial charge in [-0.1, -0.05) is 5.16 Å². The third-order valence-corrected chi connectivity index (χ3v) is 5.19. The van der Waals surface area contributed by atoms with Crippen molar-refractivity contribution in [2.75, 3.05) is 0 Å². The lowest BCUT2D eigenvalue weighted by atomic mass is 9.49. The highest BCUT2D eigenvalue weighted by molar-refractivity contribution is 5.21. The molecule has 4 bridgehead atoms. The Kier molecular flexibility index (Phi) is 1.68. The van der Waals surface area contributed by atoms with Crippen LogP contribution in [0.1, 0.15) is 50.0 Å². The van der Waals surface area contributed by atoms with E-state index in [9.17, 15) is 0 Å². The average Bonchev–Trinajstić information content (AvgIpc) is 2.63. The molecule has 0 N–H and O–H groups in total. The number of hydrogen-bond acceptors (Lipinski definition) is 2. The predicted octanol–water partition coefficient (Wildman–Crippen LogP) is 3.45. The number of aryl methyl sites for hydroxylation is 1. The molecule has 0 radical (unpaired) electrons. The normalized spacial score (nSPS) is 45.2. The minimum atomic E-state index is 0.385. The molecular formula is C14H19NO. The quantitative estimate of drug-likeness (QED) is 0.720. The molecule has 4 fully saturated rings. The Hall–Kier alpha value is -0.790. The smallest absolute Gasteiger partial charge is 0.143 e. The lowest BCUT2D eigenvalue weighted by Crippen LogP contribution is -2.48. The van der Waals surface area contributed by atoms with E-state index in [0.29, 0.717) is 5.41 Å². The third-order valence-electron chi connectivity index (χ3n) is 5.19. The molecule has 1 aromatic heterocycles. The summed E-state index contributed by atoms with van der Waals surface area (Å²) in [5, 5.41) is 4.10. The van der Waals surface area contributed by atoms with E-state index in [2.05, 4.69) is 11.2 Å². The minimum absolute atomic E-state index is 0.385. The van der Waals surface area contributed by atoms with Crippen molar-refractivity contribution in [3.05, 3.63) is 17.5 Å². The van der Waals surface area contributed by atoms with Crippen molar-refractivity contribution in [3.63, 3.8) is 0 Å². The molecule has 4 aliphatic carbocycles. The molecule has 0 aliphatic heterocycles. The van der Waals surface area contributed by atoms with Crippen LogP contribution in [0.5, 0.6) is 0 Å². The molecule has 4 aliphatic rings. The predicted molar refractivity (Wildman–Crippen MR) is 61.1 cm³/mol. The van der Waals surface area contributed by atoms with E-state index >= 15 is 0 Å². The van der Waals surface area contributed by atoms with E-state index in [1.165, 1.54) is 44.3 Å². The summed E-state index contributed by atoms with van der Waals surface area (Å²) in [7, 11) is 0. The maximum atomic E-state index is 5.60. The highest BCUT2D eigenvalue weighted by atomic mass is 16.5. The van der Waals surface area contributed by atoms with Gasteiger partial charge in [-0.15, -0.1) is 0 Å². The molecule has 0 saturated heterocycles. The van der Waals surface area contributed by atoms with Crippen LogP contribution >= 0.6 is 0 Å². The molecule has 0 spiro atoms. The van der Waals surface area contributed by atoms with Crippen LogP contribution in [0.2, 0.25) is 0 Å². The van der Waals surface area contributed by atoms with Crippen LogP contribution in [0.25, 0.3) is 0 Å². The standard InChI is InChI=1S/C14H19NO/c1-9-2-13(16-15-9)14-6-10-3-11(7-14)5-12(4-10)8-14/h2,10-12H,3-8H2,1H3. The Balaban J connectivity index is 1.76.